The summed E-state index contributed by atoms with van der Waals surface area (Å²) in [5.41, 5.74) is 0. The van der Waals surface area contributed by atoms with Crippen molar-refractivity contribution >= 4 is 0 Å². The highest BCUT2D eigenvalue weighted by atomic mass is 14.3. The minimum absolute atomic E-state index is 0.846. The van der Waals surface area contributed by atoms with Crippen LogP contribution in [0.5, 0.6) is 0 Å². The highest BCUT2D eigenvalue weighted by Gasteiger charge is 2.29. The van der Waals surface area contributed by atoms with Gasteiger partial charge in [-0.25, -0.2) is 0 Å². The summed E-state index contributed by atoms with van der Waals surface area (Å²) in [6, 6.07) is 0. The second-order valence-corrected chi connectivity index (χ2v) is 8.33. The number of hydrogen-bond acceptors (Lipinski definition) is 0. The number of hydrogen-bond donors (Lipinski definition) is 0. The van der Waals surface area contributed by atoms with Crippen LogP contribution in [0.3, 0.4) is 0 Å². The fourth-order valence-electron chi connectivity index (χ4n) is 4.69. The van der Waals surface area contributed by atoms with Crippen molar-refractivity contribution in [2.45, 2.75) is 101 Å². The van der Waals surface area contributed by atoms with Crippen molar-refractivity contribution in [3.05, 3.63) is 0 Å². The van der Waals surface area contributed by atoms with Crippen LogP contribution >= 0.6 is 0 Å². The molecule has 22 heavy (non-hydrogen) atoms. The predicted molar refractivity (Wildman–Crippen MR) is 103 cm³/mol. The van der Waals surface area contributed by atoms with Gasteiger partial charge in [-0.2, -0.15) is 0 Å². The molecule has 6 unspecified atom stereocenters. The Labute approximate surface area is 142 Å². The van der Waals surface area contributed by atoms with E-state index in [-0.39, 0.29) is 0 Å². The Hall–Kier alpha value is 0. The molecule has 134 valence electrons. The molecule has 0 aliphatic carbocycles. The van der Waals surface area contributed by atoms with Crippen LogP contribution in [0.15, 0.2) is 0 Å². The van der Waals surface area contributed by atoms with Gasteiger partial charge >= 0.3 is 0 Å². The molecule has 0 saturated carbocycles. The van der Waals surface area contributed by atoms with E-state index in [4.69, 9.17) is 0 Å². The maximum absolute atomic E-state index is 2.54. The van der Waals surface area contributed by atoms with E-state index in [1.165, 1.54) is 38.5 Å². The van der Waals surface area contributed by atoms with E-state index in [9.17, 15) is 0 Å². The van der Waals surface area contributed by atoms with Crippen LogP contribution in [-0.4, -0.2) is 0 Å². The maximum Gasteiger partial charge on any atom is -0.0363 e. The first-order chi connectivity index (χ1) is 10.3. The molecule has 0 spiro atoms. The molecule has 6 atom stereocenters. The van der Waals surface area contributed by atoms with Crippen LogP contribution < -0.4 is 0 Å². The smallest absolute Gasteiger partial charge is 0.0363 e. The van der Waals surface area contributed by atoms with Crippen LogP contribution in [0.4, 0.5) is 0 Å². The van der Waals surface area contributed by atoms with Gasteiger partial charge in [0.05, 0.1) is 0 Å². The van der Waals surface area contributed by atoms with Crippen molar-refractivity contribution in [3.8, 4) is 0 Å². The Morgan fingerprint density at radius 2 is 1.05 bits per heavy atom. The minimum Gasteiger partial charge on any atom is -0.0651 e. The highest BCUT2D eigenvalue weighted by molar-refractivity contribution is 4.79. The van der Waals surface area contributed by atoms with Crippen molar-refractivity contribution in [1.29, 1.82) is 0 Å². The second kappa shape index (κ2) is 11.5. The minimum atomic E-state index is 0.846. The topological polar surface area (TPSA) is 0 Å². The fraction of sp³-hybridized carbons (Fsp3) is 1.00. The van der Waals surface area contributed by atoms with Crippen molar-refractivity contribution in [1.82, 2.24) is 0 Å². The maximum atomic E-state index is 2.54. The van der Waals surface area contributed by atoms with E-state index >= 15 is 0 Å². The van der Waals surface area contributed by atoms with Crippen LogP contribution in [0.1, 0.15) is 101 Å². The molecule has 0 bridgehead atoms. The summed E-state index contributed by atoms with van der Waals surface area (Å²) < 4.78 is 0. The van der Waals surface area contributed by atoms with Gasteiger partial charge in [-0.05, 0) is 54.3 Å². The monoisotopic (exact) mass is 310 g/mol. The Balaban J connectivity index is 4.71. The third kappa shape index (κ3) is 6.63. The summed E-state index contributed by atoms with van der Waals surface area (Å²) in [5.74, 6) is 6.20. The summed E-state index contributed by atoms with van der Waals surface area (Å²) in [6.07, 6.45) is 8.26. The van der Waals surface area contributed by atoms with E-state index in [0.717, 1.165) is 41.4 Å². The summed E-state index contributed by atoms with van der Waals surface area (Å²) in [4.78, 5) is 0. The highest BCUT2D eigenvalue weighted by Crippen LogP contribution is 2.38. The van der Waals surface area contributed by atoms with Gasteiger partial charge in [0.25, 0.3) is 0 Å². The van der Waals surface area contributed by atoms with Crippen molar-refractivity contribution in [3.63, 3.8) is 0 Å². The summed E-state index contributed by atoms with van der Waals surface area (Å²) >= 11 is 0. The van der Waals surface area contributed by atoms with Crippen molar-refractivity contribution in [2.75, 3.05) is 0 Å². The lowest BCUT2D eigenvalue weighted by molar-refractivity contribution is 0.128. The molecular formula is C22H46. The molecule has 0 aliphatic heterocycles. The largest absolute Gasteiger partial charge is 0.0651 e. The second-order valence-electron chi connectivity index (χ2n) is 8.33. The zero-order valence-corrected chi connectivity index (χ0v) is 17.3. The standard InChI is InChI=1S/C22H46/c1-10-17(7)22(13-4)19(9)18(8)21(12-3)15-14-20(11-2)16(5)6/h16-22H,10-15H2,1-9H3. The third-order valence-corrected chi connectivity index (χ3v) is 6.99. The Bertz CT molecular complexity index is 255. The molecule has 0 saturated heterocycles. The lowest BCUT2D eigenvalue weighted by atomic mass is 9.69. The molecule has 0 heterocycles. The van der Waals surface area contributed by atoms with Gasteiger partial charge in [0.1, 0.15) is 0 Å². The molecule has 0 aliphatic rings. The molecule has 0 radical (unpaired) electrons. The molecule has 0 heteroatoms. The summed E-state index contributed by atoms with van der Waals surface area (Å²) in [6.45, 7) is 21.9. The van der Waals surface area contributed by atoms with Gasteiger partial charge in [0, 0.05) is 0 Å². The zero-order valence-electron chi connectivity index (χ0n) is 17.3. The molecular weight excluding hydrogens is 264 g/mol. The Morgan fingerprint density at radius 1 is 0.545 bits per heavy atom. The first kappa shape index (κ1) is 22.0. The van der Waals surface area contributed by atoms with Crippen LogP contribution in [0.25, 0.3) is 0 Å². The predicted octanol–water partition coefficient (Wildman–Crippen LogP) is 7.82. The van der Waals surface area contributed by atoms with Gasteiger partial charge in [0.15, 0.2) is 0 Å². The molecule has 0 fully saturated rings. The van der Waals surface area contributed by atoms with Gasteiger partial charge < -0.3 is 0 Å². The van der Waals surface area contributed by atoms with Gasteiger partial charge in [-0.1, -0.05) is 88.0 Å². The molecule has 0 aromatic rings. The van der Waals surface area contributed by atoms with Crippen molar-refractivity contribution < 1.29 is 0 Å². The number of rotatable bonds is 12. The van der Waals surface area contributed by atoms with Gasteiger partial charge in [0.2, 0.25) is 0 Å². The summed E-state index contributed by atoms with van der Waals surface area (Å²) in [7, 11) is 0. The Morgan fingerprint density at radius 3 is 1.41 bits per heavy atom. The van der Waals surface area contributed by atoms with Gasteiger partial charge in [-0.15, -0.1) is 0 Å². The quantitative estimate of drug-likeness (QED) is 0.344. The molecule has 0 amide bonds. The van der Waals surface area contributed by atoms with E-state index in [2.05, 4.69) is 62.3 Å². The van der Waals surface area contributed by atoms with E-state index in [1.807, 2.05) is 0 Å². The summed E-state index contributed by atoms with van der Waals surface area (Å²) in [5, 5.41) is 0. The molecule has 0 aromatic carbocycles. The SMILES string of the molecule is CCC(C)C(CC)C(C)C(C)C(CC)CCC(CC)C(C)C. The van der Waals surface area contributed by atoms with Crippen LogP contribution in [0, 0.1) is 41.4 Å². The lowest BCUT2D eigenvalue weighted by Gasteiger charge is -2.37. The Kier molecular flexibility index (Phi) is 11.5. The van der Waals surface area contributed by atoms with E-state index in [1.54, 1.807) is 0 Å². The van der Waals surface area contributed by atoms with Crippen LogP contribution in [-0.2, 0) is 0 Å². The van der Waals surface area contributed by atoms with Crippen molar-refractivity contribution in [2.24, 2.45) is 41.4 Å². The average molecular weight is 311 g/mol. The molecule has 0 N–H and O–H groups in total. The average Bonchev–Trinajstić information content (AvgIpc) is 2.50. The lowest BCUT2D eigenvalue weighted by Crippen LogP contribution is -2.29. The van der Waals surface area contributed by atoms with Crippen LogP contribution in [0.2, 0.25) is 0 Å². The van der Waals surface area contributed by atoms with Gasteiger partial charge in [-0.3, -0.25) is 0 Å². The first-order valence-corrected chi connectivity index (χ1v) is 10.3. The fourth-order valence-corrected chi connectivity index (χ4v) is 4.69. The molecule has 0 aromatic heterocycles. The molecule has 0 rings (SSSR count). The van der Waals surface area contributed by atoms with E-state index < -0.39 is 0 Å². The third-order valence-electron chi connectivity index (χ3n) is 6.99. The van der Waals surface area contributed by atoms with E-state index in [0.29, 0.717) is 0 Å². The zero-order chi connectivity index (χ0) is 17.3. The normalized spacial score (nSPS) is 20.5. The first-order valence-electron chi connectivity index (χ1n) is 10.3. The molecule has 0 nitrogen and oxygen atoms in total.